The van der Waals surface area contributed by atoms with Crippen LogP contribution in [-0.4, -0.2) is 74.4 Å². The minimum atomic E-state index is -2.74. The summed E-state index contributed by atoms with van der Waals surface area (Å²) in [6.45, 7) is 2.92. The standard InChI is InChI=1S/C27H26FN3O.C6H8O7/c28-23-7-5-22(6-8-23)27(10-12-30-13-11-27)25-9-14-31(26(25)32)18-21-16-19(17-29)15-20-3-1-2-4-24(20)21;7-3(8)1-6(13,5(11)12)2-4(9)10/h1-8,15-16,25,30H,9-14,18H2;13H,1-2H2,(H,7,8)(H,9,10)(H,11,12). The Hall–Kier alpha value is -4.86. The molecule has 1 amide bonds. The number of carboxylic acid groups (broad SMARTS) is 3. The lowest BCUT2D eigenvalue weighted by Crippen LogP contribution is -2.47. The van der Waals surface area contributed by atoms with Gasteiger partial charge < -0.3 is 30.6 Å². The van der Waals surface area contributed by atoms with Gasteiger partial charge in [0.2, 0.25) is 5.91 Å². The van der Waals surface area contributed by atoms with Crippen molar-refractivity contribution in [2.75, 3.05) is 19.6 Å². The highest BCUT2D eigenvalue weighted by atomic mass is 19.1. The SMILES string of the molecule is N#Cc1cc(CN2CCC(C3(c4ccc(F)cc4)CCNCC3)C2=O)c2ccccc2c1.O=C(O)CC(O)(CC(=O)O)C(=O)O. The number of nitriles is 1. The number of hydrogen-bond acceptors (Lipinski definition) is 7. The summed E-state index contributed by atoms with van der Waals surface area (Å²) in [5.74, 6) is -5.21. The number of nitrogens with one attached hydrogen (secondary N) is 1. The summed E-state index contributed by atoms with van der Waals surface area (Å²) >= 11 is 0. The number of fused-ring (bicyclic) bond motifs is 1. The number of nitrogens with zero attached hydrogens (tertiary/aromatic N) is 2. The van der Waals surface area contributed by atoms with Crippen LogP contribution in [0.2, 0.25) is 0 Å². The van der Waals surface area contributed by atoms with Crippen molar-refractivity contribution in [3.05, 3.63) is 83.2 Å². The van der Waals surface area contributed by atoms with Gasteiger partial charge in [0.25, 0.3) is 0 Å². The Bertz CT molecular complexity index is 1610. The Morgan fingerprint density at radius 1 is 1.00 bits per heavy atom. The summed E-state index contributed by atoms with van der Waals surface area (Å²) in [6.07, 6.45) is 0.251. The number of aliphatic carboxylic acids is 3. The second-order valence-corrected chi connectivity index (χ2v) is 11.5. The maximum Gasteiger partial charge on any atom is 0.336 e. The molecule has 236 valence electrons. The number of carboxylic acids is 3. The minimum Gasteiger partial charge on any atom is -0.481 e. The first kappa shape index (κ1) is 33.0. The summed E-state index contributed by atoms with van der Waals surface area (Å²) in [4.78, 5) is 46.1. The van der Waals surface area contributed by atoms with Crippen molar-refractivity contribution in [1.82, 2.24) is 10.2 Å². The molecule has 5 rings (SSSR count). The molecule has 2 aliphatic rings. The summed E-state index contributed by atoms with van der Waals surface area (Å²) in [6, 6.07) is 20.8. The monoisotopic (exact) mass is 619 g/mol. The zero-order valence-corrected chi connectivity index (χ0v) is 24.4. The molecule has 11 nitrogen and oxygen atoms in total. The highest BCUT2D eigenvalue weighted by molar-refractivity contribution is 5.89. The molecule has 45 heavy (non-hydrogen) atoms. The van der Waals surface area contributed by atoms with Crippen molar-refractivity contribution in [2.45, 2.75) is 49.7 Å². The lowest BCUT2D eigenvalue weighted by Gasteiger charge is -2.42. The van der Waals surface area contributed by atoms with Crippen molar-refractivity contribution in [2.24, 2.45) is 5.92 Å². The fourth-order valence-corrected chi connectivity index (χ4v) is 6.41. The fourth-order valence-electron chi connectivity index (χ4n) is 6.41. The van der Waals surface area contributed by atoms with E-state index in [1.807, 2.05) is 47.4 Å². The van der Waals surface area contributed by atoms with Gasteiger partial charge in [0.05, 0.1) is 24.5 Å². The topological polar surface area (TPSA) is 188 Å². The van der Waals surface area contributed by atoms with E-state index in [9.17, 15) is 28.8 Å². The maximum atomic E-state index is 13.7. The van der Waals surface area contributed by atoms with Crippen LogP contribution in [0.5, 0.6) is 0 Å². The van der Waals surface area contributed by atoms with Crippen molar-refractivity contribution >= 4 is 34.6 Å². The summed E-state index contributed by atoms with van der Waals surface area (Å²) in [5.41, 5.74) is -0.311. The third-order valence-electron chi connectivity index (χ3n) is 8.60. The molecule has 1 unspecified atom stereocenters. The van der Waals surface area contributed by atoms with Crippen LogP contribution < -0.4 is 5.32 Å². The Morgan fingerprint density at radius 2 is 1.62 bits per heavy atom. The number of carbonyl (C=O) groups excluding carboxylic acids is 1. The van der Waals surface area contributed by atoms with Gasteiger partial charge in [0, 0.05) is 24.4 Å². The number of carbonyl (C=O) groups is 4. The molecule has 2 aliphatic heterocycles. The van der Waals surface area contributed by atoms with Gasteiger partial charge in [-0.05, 0) is 78.5 Å². The lowest BCUT2D eigenvalue weighted by molar-refractivity contribution is -0.170. The third-order valence-corrected chi connectivity index (χ3v) is 8.60. The molecular weight excluding hydrogens is 585 g/mol. The van der Waals surface area contributed by atoms with E-state index in [2.05, 4.69) is 17.5 Å². The molecule has 0 bridgehead atoms. The summed E-state index contributed by atoms with van der Waals surface area (Å²) < 4.78 is 13.6. The Labute approximate surface area is 258 Å². The fraction of sp³-hybridized carbons (Fsp3) is 0.364. The van der Waals surface area contributed by atoms with E-state index >= 15 is 0 Å². The van der Waals surface area contributed by atoms with Gasteiger partial charge in [-0.1, -0.05) is 36.4 Å². The average Bonchev–Trinajstić information content (AvgIpc) is 3.37. The van der Waals surface area contributed by atoms with E-state index in [0.29, 0.717) is 18.7 Å². The Kier molecular flexibility index (Phi) is 10.2. The van der Waals surface area contributed by atoms with E-state index in [0.717, 1.165) is 54.3 Å². The number of amides is 1. The average molecular weight is 620 g/mol. The zero-order valence-electron chi connectivity index (χ0n) is 24.4. The molecule has 2 saturated heterocycles. The van der Waals surface area contributed by atoms with E-state index in [1.165, 1.54) is 12.1 Å². The quantitative estimate of drug-likeness (QED) is 0.238. The predicted octanol–water partition coefficient (Wildman–Crippen LogP) is 3.27. The first-order chi connectivity index (χ1) is 21.4. The van der Waals surface area contributed by atoms with Gasteiger partial charge in [0.1, 0.15) is 5.82 Å². The highest BCUT2D eigenvalue weighted by Crippen LogP contribution is 2.45. The van der Waals surface area contributed by atoms with Gasteiger partial charge in [-0.3, -0.25) is 14.4 Å². The number of hydrogen-bond donors (Lipinski definition) is 5. The molecule has 0 radical (unpaired) electrons. The van der Waals surface area contributed by atoms with E-state index in [-0.39, 0.29) is 23.1 Å². The normalized spacial score (nSPS) is 17.7. The molecule has 0 spiro atoms. The Morgan fingerprint density at radius 3 is 2.20 bits per heavy atom. The summed E-state index contributed by atoms with van der Waals surface area (Å²) in [5, 5.41) is 48.8. The van der Waals surface area contributed by atoms with Crippen LogP contribution >= 0.6 is 0 Å². The largest absolute Gasteiger partial charge is 0.481 e. The molecule has 12 heteroatoms. The van der Waals surface area contributed by atoms with Crippen LogP contribution in [0.3, 0.4) is 0 Å². The van der Waals surface area contributed by atoms with E-state index in [4.69, 9.17) is 20.4 Å². The smallest absolute Gasteiger partial charge is 0.336 e. The number of piperidine rings is 1. The van der Waals surface area contributed by atoms with Crippen LogP contribution in [0.4, 0.5) is 4.39 Å². The van der Waals surface area contributed by atoms with E-state index < -0.39 is 36.4 Å². The van der Waals surface area contributed by atoms with Crippen LogP contribution in [0, 0.1) is 23.1 Å². The summed E-state index contributed by atoms with van der Waals surface area (Å²) in [7, 11) is 0. The molecule has 2 fully saturated rings. The molecular formula is C33H34FN3O8. The second kappa shape index (κ2) is 13.8. The minimum absolute atomic E-state index is 0.111. The van der Waals surface area contributed by atoms with Gasteiger partial charge in [-0.25, -0.2) is 9.18 Å². The molecule has 0 aromatic heterocycles. The van der Waals surface area contributed by atoms with Gasteiger partial charge >= 0.3 is 17.9 Å². The van der Waals surface area contributed by atoms with Crippen LogP contribution in [0.15, 0.2) is 60.7 Å². The molecule has 5 N–H and O–H groups in total. The number of aliphatic hydroxyl groups is 1. The van der Waals surface area contributed by atoms with Crippen LogP contribution in [0.25, 0.3) is 10.8 Å². The molecule has 3 aromatic rings. The third kappa shape index (κ3) is 7.45. The second-order valence-electron chi connectivity index (χ2n) is 11.5. The van der Waals surface area contributed by atoms with Gasteiger partial charge in [-0.15, -0.1) is 0 Å². The predicted molar refractivity (Wildman–Crippen MR) is 159 cm³/mol. The number of halogens is 1. The molecule has 1 atom stereocenters. The number of rotatable bonds is 9. The van der Waals surface area contributed by atoms with Gasteiger partial charge in [0.15, 0.2) is 5.60 Å². The van der Waals surface area contributed by atoms with Crippen LogP contribution in [0.1, 0.15) is 48.8 Å². The number of likely N-dealkylation sites (tertiary alicyclic amines) is 1. The Balaban J connectivity index is 0.000000302. The van der Waals surface area contributed by atoms with Crippen LogP contribution in [-0.2, 0) is 31.1 Å². The molecule has 2 heterocycles. The maximum absolute atomic E-state index is 13.7. The zero-order chi connectivity index (χ0) is 32.8. The molecule has 0 aliphatic carbocycles. The number of benzene rings is 3. The van der Waals surface area contributed by atoms with Crippen molar-refractivity contribution in [3.63, 3.8) is 0 Å². The van der Waals surface area contributed by atoms with E-state index in [1.54, 1.807) is 0 Å². The highest BCUT2D eigenvalue weighted by Gasteiger charge is 2.49. The molecule has 3 aromatic carbocycles. The first-order valence-corrected chi connectivity index (χ1v) is 14.5. The van der Waals surface area contributed by atoms with Gasteiger partial charge in [-0.2, -0.15) is 5.26 Å². The van der Waals surface area contributed by atoms with Crippen molar-refractivity contribution < 1.29 is 44.0 Å². The van der Waals surface area contributed by atoms with Crippen molar-refractivity contribution in [3.8, 4) is 6.07 Å². The van der Waals surface area contributed by atoms with Crippen molar-refractivity contribution in [1.29, 1.82) is 5.26 Å². The lowest BCUT2D eigenvalue weighted by atomic mass is 9.64. The first-order valence-electron chi connectivity index (χ1n) is 14.5. The molecule has 0 saturated carbocycles.